The Morgan fingerprint density at radius 1 is 0.614 bits per heavy atom. The molecule has 8 N–H and O–H groups in total. The van der Waals surface area contributed by atoms with Crippen LogP contribution < -0.4 is 13.7 Å². The molecule has 0 fully saturated rings. The molecular weight excluding hydrogens is 624 g/mol. The summed E-state index contributed by atoms with van der Waals surface area (Å²) in [7, 11) is -7.66. The summed E-state index contributed by atoms with van der Waals surface area (Å²) < 4.78 is 76.3. The number of phenols is 1. The molecule has 0 aromatic heterocycles. The van der Waals surface area contributed by atoms with Crippen LogP contribution in [0.1, 0.15) is 31.8 Å². The number of ketones is 2. The van der Waals surface area contributed by atoms with Gasteiger partial charge in [0.2, 0.25) is 0 Å². The van der Waals surface area contributed by atoms with Crippen LogP contribution in [0, 0.1) is 0 Å². The van der Waals surface area contributed by atoms with E-state index in [1.807, 2.05) is 0 Å². The van der Waals surface area contributed by atoms with E-state index in [0.29, 0.717) is 0 Å². The average molecular weight is 653 g/mol. The molecule has 0 spiro atoms. The number of hydrogen-bond donors (Lipinski definition) is 2. The van der Waals surface area contributed by atoms with Crippen LogP contribution >= 0.6 is 0 Å². The predicted molar refractivity (Wildman–Crippen MR) is 156 cm³/mol. The molecule has 0 atom stereocenters. The Morgan fingerprint density at radius 3 is 1.50 bits per heavy atom. The third-order valence-electron chi connectivity index (χ3n) is 5.86. The van der Waals surface area contributed by atoms with E-state index < -0.39 is 64.4 Å². The lowest BCUT2D eigenvalue weighted by Crippen LogP contribution is -2.16. The van der Waals surface area contributed by atoms with Crippen LogP contribution in [-0.4, -0.2) is 68.7 Å². The van der Waals surface area contributed by atoms with Gasteiger partial charge in [-0.25, -0.2) is 0 Å². The van der Waals surface area contributed by atoms with Crippen LogP contribution in [0.5, 0.6) is 23.0 Å². The first-order valence-electron chi connectivity index (χ1n) is 11.6. The first-order valence-corrected chi connectivity index (χ1v) is 14.5. The zero-order valence-corrected chi connectivity index (χ0v) is 24.6. The van der Waals surface area contributed by atoms with Crippen molar-refractivity contribution in [2.75, 3.05) is 14.2 Å². The largest absolute Gasteiger partial charge is 0.507 e. The van der Waals surface area contributed by atoms with Crippen LogP contribution in [0.15, 0.2) is 94.7 Å². The predicted octanol–water partition coefficient (Wildman–Crippen LogP) is 1.41. The second-order valence-electron chi connectivity index (χ2n) is 8.42. The number of phenolic OH excluding ortho intramolecular Hbond substituents is 1. The number of methoxy groups -OCH3 is 2. The molecule has 0 unspecified atom stereocenters. The van der Waals surface area contributed by atoms with E-state index in [-0.39, 0.29) is 38.9 Å². The maximum absolute atomic E-state index is 13.6. The number of benzene rings is 4. The molecule has 0 saturated heterocycles. The van der Waals surface area contributed by atoms with Gasteiger partial charge in [-0.3, -0.25) is 14.1 Å². The summed E-state index contributed by atoms with van der Waals surface area (Å²) in [6, 6.07) is 18.6. The van der Waals surface area contributed by atoms with Gasteiger partial charge in [-0.05, 0) is 12.1 Å². The smallest absolute Gasteiger partial charge is 0.342 e. The minimum absolute atomic E-state index is 0. The Hall–Kier alpha value is -4.84. The molecule has 4 aromatic rings. The molecule has 16 heteroatoms. The molecule has 0 radical (unpaired) electrons. The fraction of sp³-hybridized carbons (Fsp3) is 0.0714. The van der Waals surface area contributed by atoms with Gasteiger partial charge in [-0.2, -0.15) is 16.8 Å². The summed E-state index contributed by atoms with van der Waals surface area (Å²) in [6.45, 7) is 0. The maximum atomic E-state index is 13.6. The lowest BCUT2D eigenvalue weighted by Gasteiger charge is -2.17. The highest BCUT2D eigenvalue weighted by molar-refractivity contribution is 7.87. The summed E-state index contributed by atoms with van der Waals surface area (Å²) in [4.78, 5) is 24.9. The molecular formula is C28H28O14S2. The minimum Gasteiger partial charge on any atom is -0.507 e. The van der Waals surface area contributed by atoms with Crippen LogP contribution in [0.3, 0.4) is 0 Å². The number of aromatic hydroxyl groups is 1. The van der Waals surface area contributed by atoms with Gasteiger partial charge in [0.25, 0.3) is 10.1 Å². The summed E-state index contributed by atoms with van der Waals surface area (Å²) in [6.07, 6.45) is 0. The highest BCUT2D eigenvalue weighted by Gasteiger charge is 2.31. The van der Waals surface area contributed by atoms with Crippen LogP contribution in [0.2, 0.25) is 0 Å². The summed E-state index contributed by atoms with van der Waals surface area (Å²) in [5.74, 6) is -3.63. The monoisotopic (exact) mass is 652 g/mol. The fourth-order valence-corrected chi connectivity index (χ4v) is 5.67. The molecule has 0 heterocycles. The van der Waals surface area contributed by atoms with Crippen molar-refractivity contribution in [2.45, 2.75) is 9.79 Å². The van der Waals surface area contributed by atoms with Crippen molar-refractivity contribution >= 4 is 31.8 Å². The number of rotatable bonds is 10. The minimum atomic E-state index is -4.93. The van der Waals surface area contributed by atoms with Gasteiger partial charge in [0.15, 0.2) is 17.3 Å². The van der Waals surface area contributed by atoms with Crippen molar-refractivity contribution in [3.8, 4) is 23.0 Å². The Labute approximate surface area is 251 Å². The fourth-order valence-electron chi connectivity index (χ4n) is 3.89. The second-order valence-corrected chi connectivity index (χ2v) is 11.3. The van der Waals surface area contributed by atoms with Crippen molar-refractivity contribution in [1.82, 2.24) is 0 Å². The molecule has 4 aromatic carbocycles. The third kappa shape index (κ3) is 7.56. The van der Waals surface area contributed by atoms with Crippen LogP contribution in [0.4, 0.5) is 0 Å². The van der Waals surface area contributed by atoms with Gasteiger partial charge in [0.1, 0.15) is 27.0 Å². The van der Waals surface area contributed by atoms with E-state index >= 15 is 0 Å². The normalized spacial score (nSPS) is 10.7. The van der Waals surface area contributed by atoms with Crippen molar-refractivity contribution in [2.24, 2.45) is 0 Å². The Kier molecular flexibility index (Phi) is 12.3. The second kappa shape index (κ2) is 14.6. The summed E-state index contributed by atoms with van der Waals surface area (Å²) in [5, 5.41) is 10.5. The van der Waals surface area contributed by atoms with E-state index in [4.69, 9.17) is 13.7 Å². The Morgan fingerprint density at radius 2 is 1.05 bits per heavy atom. The molecule has 0 aliphatic rings. The standard InChI is InChI=1S/C28H22O11S2.3H2O/c1-37-23-15-21(29)19(27(30)17-9-5-3-6-10-17)13-26(23)41(35,36)39-22-16-24(38-2)25(40(32,33)34)14-20(22)28(31)18-11-7-4-8-12-18;;;/h3-16,29H,1-2H3,(H,32,33,34);3*1H2. The number of carbonyl (C=O) groups excluding carboxylic acids is 2. The van der Waals surface area contributed by atoms with Gasteiger partial charge in [0.05, 0.1) is 25.3 Å². The lowest BCUT2D eigenvalue weighted by atomic mass is 10.0. The molecule has 0 saturated carbocycles. The van der Waals surface area contributed by atoms with E-state index in [1.54, 1.807) is 24.3 Å². The Bertz CT molecular complexity index is 1860. The topological polar surface area (TPSA) is 265 Å². The van der Waals surface area contributed by atoms with E-state index in [0.717, 1.165) is 38.5 Å². The van der Waals surface area contributed by atoms with Crippen LogP contribution in [-0.2, 0) is 20.2 Å². The molecule has 4 rings (SSSR count). The van der Waals surface area contributed by atoms with Gasteiger partial charge < -0.3 is 35.2 Å². The molecule has 0 bridgehead atoms. The third-order valence-corrected chi connectivity index (χ3v) is 7.99. The SMILES string of the molecule is COc1cc(OS(=O)(=O)c2cc(C(=O)c3ccccc3)c(O)cc2OC)c(C(=O)c2ccccc2)cc1S(=O)(=O)O.O.O.O. The zero-order chi connectivity index (χ0) is 29.9. The molecule has 236 valence electrons. The van der Waals surface area contributed by atoms with E-state index in [1.165, 1.54) is 36.4 Å². The molecule has 44 heavy (non-hydrogen) atoms. The first-order chi connectivity index (χ1) is 19.4. The average Bonchev–Trinajstić information content (AvgIpc) is 2.96. The summed E-state index contributed by atoms with van der Waals surface area (Å²) >= 11 is 0. The maximum Gasteiger partial charge on any atom is 0.342 e. The van der Waals surface area contributed by atoms with Gasteiger partial charge in [-0.1, -0.05) is 60.7 Å². The van der Waals surface area contributed by atoms with Crippen molar-refractivity contribution < 1.29 is 66.2 Å². The highest BCUT2D eigenvalue weighted by atomic mass is 32.2. The van der Waals surface area contributed by atoms with Crippen LogP contribution in [0.25, 0.3) is 0 Å². The summed E-state index contributed by atoms with van der Waals surface area (Å²) in [5.41, 5.74) is -0.691. The molecule has 0 aliphatic heterocycles. The van der Waals surface area contributed by atoms with Gasteiger partial charge in [-0.15, -0.1) is 0 Å². The van der Waals surface area contributed by atoms with Gasteiger partial charge >= 0.3 is 10.1 Å². The quantitative estimate of drug-likeness (QED) is 0.140. The number of hydrogen-bond acceptors (Lipinski definition) is 10. The number of ether oxygens (including phenoxy) is 2. The van der Waals surface area contributed by atoms with E-state index in [2.05, 4.69) is 0 Å². The first kappa shape index (κ1) is 37.2. The van der Waals surface area contributed by atoms with Crippen molar-refractivity contribution in [3.63, 3.8) is 0 Å². The Balaban J connectivity index is 0.00000323. The highest BCUT2D eigenvalue weighted by Crippen LogP contribution is 2.38. The van der Waals surface area contributed by atoms with Gasteiger partial charge in [0, 0.05) is 23.3 Å². The zero-order valence-electron chi connectivity index (χ0n) is 23.0. The number of carbonyl (C=O) groups is 2. The lowest BCUT2D eigenvalue weighted by molar-refractivity contribution is 0.102. The van der Waals surface area contributed by atoms with E-state index in [9.17, 15) is 36.1 Å². The molecule has 14 nitrogen and oxygen atoms in total. The molecule has 0 amide bonds. The van der Waals surface area contributed by atoms with Crippen molar-refractivity contribution in [3.05, 3.63) is 107 Å². The van der Waals surface area contributed by atoms with Crippen molar-refractivity contribution in [1.29, 1.82) is 0 Å². The molecule has 0 aliphatic carbocycles.